The Morgan fingerprint density at radius 2 is 2.10 bits per heavy atom. The van der Waals surface area contributed by atoms with Crippen molar-refractivity contribution in [3.05, 3.63) is 18.0 Å². The number of ether oxygens (including phenoxy) is 1. The zero-order chi connectivity index (χ0) is 16.2. The minimum absolute atomic E-state index is 0.0683. The number of carbonyl (C=O) groups is 1. The molecule has 0 aliphatic heterocycles. The highest BCUT2D eigenvalue weighted by Gasteiger charge is 2.21. The molecule has 0 aliphatic rings. The van der Waals surface area contributed by atoms with Crippen molar-refractivity contribution in [1.82, 2.24) is 9.47 Å². The SMILES string of the molecule is CCn1cc(S(=O)(=O)Cl)cc1C(=O)N(C)CCOC(C)C. The van der Waals surface area contributed by atoms with Gasteiger partial charge in [0.05, 0.1) is 12.7 Å². The summed E-state index contributed by atoms with van der Waals surface area (Å²) in [7, 11) is 3.12. The number of aryl methyl sites for hydroxylation is 1. The van der Waals surface area contributed by atoms with Gasteiger partial charge in [0, 0.05) is 37.0 Å². The van der Waals surface area contributed by atoms with E-state index in [0.717, 1.165) is 0 Å². The highest BCUT2D eigenvalue weighted by Crippen LogP contribution is 2.19. The van der Waals surface area contributed by atoms with Crippen molar-refractivity contribution < 1.29 is 17.9 Å². The molecule has 0 fully saturated rings. The van der Waals surface area contributed by atoms with E-state index in [0.29, 0.717) is 25.4 Å². The molecule has 8 heteroatoms. The Balaban J connectivity index is 2.88. The first kappa shape index (κ1) is 18.0. The summed E-state index contributed by atoms with van der Waals surface area (Å²) < 4.78 is 29.7. The summed E-state index contributed by atoms with van der Waals surface area (Å²) in [6, 6.07) is 1.30. The van der Waals surface area contributed by atoms with Crippen LogP contribution in [0.15, 0.2) is 17.2 Å². The molecule has 0 aliphatic carbocycles. The fourth-order valence-corrected chi connectivity index (χ4v) is 2.54. The largest absolute Gasteiger partial charge is 0.377 e. The van der Waals surface area contributed by atoms with Crippen LogP contribution in [0.1, 0.15) is 31.3 Å². The van der Waals surface area contributed by atoms with E-state index in [1.807, 2.05) is 20.8 Å². The minimum Gasteiger partial charge on any atom is -0.377 e. The highest BCUT2D eigenvalue weighted by molar-refractivity contribution is 8.13. The van der Waals surface area contributed by atoms with Crippen molar-refractivity contribution in [3.8, 4) is 0 Å². The minimum atomic E-state index is -3.85. The lowest BCUT2D eigenvalue weighted by Crippen LogP contribution is -2.32. The number of rotatable bonds is 7. The van der Waals surface area contributed by atoms with Crippen LogP contribution >= 0.6 is 10.7 Å². The van der Waals surface area contributed by atoms with Gasteiger partial charge in [-0.3, -0.25) is 4.79 Å². The quantitative estimate of drug-likeness (QED) is 0.713. The van der Waals surface area contributed by atoms with Crippen LogP contribution in [-0.4, -0.2) is 50.1 Å². The number of likely N-dealkylation sites (N-methyl/N-ethyl adjacent to an activating group) is 1. The maximum Gasteiger partial charge on any atom is 0.270 e. The van der Waals surface area contributed by atoms with Crippen molar-refractivity contribution in [1.29, 1.82) is 0 Å². The van der Waals surface area contributed by atoms with Gasteiger partial charge in [-0.25, -0.2) is 8.42 Å². The van der Waals surface area contributed by atoms with Crippen molar-refractivity contribution in [2.75, 3.05) is 20.2 Å². The van der Waals surface area contributed by atoms with E-state index in [-0.39, 0.29) is 16.9 Å². The average Bonchev–Trinajstić information content (AvgIpc) is 2.81. The molecule has 0 bridgehead atoms. The van der Waals surface area contributed by atoms with E-state index in [9.17, 15) is 13.2 Å². The van der Waals surface area contributed by atoms with E-state index >= 15 is 0 Å². The number of amides is 1. The highest BCUT2D eigenvalue weighted by atomic mass is 35.7. The Hall–Kier alpha value is -1.05. The third-order valence-electron chi connectivity index (χ3n) is 2.94. The standard InChI is InChI=1S/C13H21ClN2O4S/c1-5-16-9-11(21(14,18)19)8-12(16)13(17)15(4)6-7-20-10(2)3/h8-10H,5-7H2,1-4H3. The van der Waals surface area contributed by atoms with Gasteiger partial charge in [0.2, 0.25) is 0 Å². The molecule has 1 heterocycles. The van der Waals surface area contributed by atoms with Gasteiger partial charge in [-0.05, 0) is 26.8 Å². The van der Waals surface area contributed by atoms with Crippen LogP contribution in [0.5, 0.6) is 0 Å². The normalized spacial score (nSPS) is 11.9. The Kier molecular flexibility index (Phi) is 6.24. The van der Waals surface area contributed by atoms with Crippen LogP contribution < -0.4 is 0 Å². The lowest BCUT2D eigenvalue weighted by Gasteiger charge is -2.18. The third-order valence-corrected chi connectivity index (χ3v) is 4.26. The Morgan fingerprint density at radius 1 is 1.48 bits per heavy atom. The number of aromatic nitrogens is 1. The van der Waals surface area contributed by atoms with Gasteiger partial charge < -0.3 is 14.2 Å². The molecule has 0 saturated heterocycles. The summed E-state index contributed by atoms with van der Waals surface area (Å²) in [6.45, 7) is 6.98. The lowest BCUT2D eigenvalue weighted by atomic mass is 10.3. The Labute approximate surface area is 130 Å². The summed E-state index contributed by atoms with van der Waals surface area (Å²) in [4.78, 5) is 13.8. The first-order chi connectivity index (χ1) is 9.66. The summed E-state index contributed by atoms with van der Waals surface area (Å²) in [5.74, 6) is -0.268. The fraction of sp³-hybridized carbons (Fsp3) is 0.615. The van der Waals surface area contributed by atoms with Gasteiger partial charge in [-0.1, -0.05) is 0 Å². The molecule has 0 unspecified atom stereocenters. The number of carbonyl (C=O) groups excluding carboxylic acids is 1. The van der Waals surface area contributed by atoms with Crippen molar-refractivity contribution >= 4 is 25.6 Å². The third kappa shape index (κ3) is 5.01. The lowest BCUT2D eigenvalue weighted by molar-refractivity contribution is 0.0526. The molecular weight excluding hydrogens is 316 g/mol. The van der Waals surface area contributed by atoms with Crippen LogP contribution in [0, 0.1) is 0 Å². The second-order valence-electron chi connectivity index (χ2n) is 4.93. The molecule has 21 heavy (non-hydrogen) atoms. The zero-order valence-electron chi connectivity index (χ0n) is 12.7. The van der Waals surface area contributed by atoms with Crippen LogP contribution in [0.3, 0.4) is 0 Å². The summed E-state index contributed by atoms with van der Waals surface area (Å²) in [5.41, 5.74) is 0.295. The predicted octanol–water partition coefficient (Wildman–Crippen LogP) is 1.93. The predicted molar refractivity (Wildman–Crippen MR) is 81.2 cm³/mol. The van der Waals surface area contributed by atoms with Gasteiger partial charge in [-0.2, -0.15) is 0 Å². The van der Waals surface area contributed by atoms with Crippen LogP contribution in [0.2, 0.25) is 0 Å². The van der Waals surface area contributed by atoms with Crippen LogP contribution in [0.4, 0.5) is 0 Å². The molecule has 1 amide bonds. The van der Waals surface area contributed by atoms with E-state index in [2.05, 4.69) is 0 Å². The molecule has 1 aromatic heterocycles. The molecule has 1 rings (SSSR count). The number of nitrogens with zero attached hydrogens (tertiary/aromatic N) is 2. The molecule has 0 radical (unpaired) electrons. The topological polar surface area (TPSA) is 68.6 Å². The van der Waals surface area contributed by atoms with Gasteiger partial charge in [0.25, 0.3) is 15.0 Å². The summed E-state index contributed by atoms with van der Waals surface area (Å²) in [5, 5.41) is 0. The maximum atomic E-state index is 12.4. The molecule has 0 spiro atoms. The summed E-state index contributed by atoms with van der Waals surface area (Å²) >= 11 is 0. The molecule has 0 N–H and O–H groups in total. The van der Waals surface area contributed by atoms with Crippen LogP contribution in [0.25, 0.3) is 0 Å². The van der Waals surface area contributed by atoms with Gasteiger partial charge in [0.15, 0.2) is 0 Å². The average molecular weight is 337 g/mol. The Bertz CT molecular complexity index is 595. The van der Waals surface area contributed by atoms with Gasteiger partial charge in [0.1, 0.15) is 10.6 Å². The van der Waals surface area contributed by atoms with Gasteiger partial charge in [-0.15, -0.1) is 0 Å². The Morgan fingerprint density at radius 3 is 2.57 bits per heavy atom. The van der Waals surface area contributed by atoms with Gasteiger partial charge >= 0.3 is 0 Å². The zero-order valence-corrected chi connectivity index (χ0v) is 14.2. The number of halogens is 1. The van der Waals surface area contributed by atoms with Crippen LogP contribution in [-0.2, 0) is 20.3 Å². The van der Waals surface area contributed by atoms with Crippen molar-refractivity contribution in [2.24, 2.45) is 0 Å². The number of hydrogen-bond donors (Lipinski definition) is 0. The van der Waals surface area contributed by atoms with E-state index in [1.54, 1.807) is 11.6 Å². The second kappa shape index (κ2) is 7.29. The molecule has 0 atom stereocenters. The number of hydrogen-bond acceptors (Lipinski definition) is 4. The van der Waals surface area contributed by atoms with Crippen molar-refractivity contribution in [3.63, 3.8) is 0 Å². The fourth-order valence-electron chi connectivity index (χ4n) is 1.78. The molecule has 1 aromatic rings. The maximum absolute atomic E-state index is 12.4. The van der Waals surface area contributed by atoms with E-state index in [4.69, 9.17) is 15.4 Å². The molecular formula is C13H21ClN2O4S. The molecule has 120 valence electrons. The second-order valence-corrected chi connectivity index (χ2v) is 7.50. The molecule has 0 saturated carbocycles. The monoisotopic (exact) mass is 336 g/mol. The first-order valence-corrected chi connectivity index (χ1v) is 8.99. The van der Waals surface area contributed by atoms with E-state index < -0.39 is 9.05 Å². The molecule has 6 nitrogen and oxygen atoms in total. The van der Waals surface area contributed by atoms with Crippen molar-refractivity contribution in [2.45, 2.75) is 38.3 Å². The van der Waals surface area contributed by atoms with E-state index in [1.165, 1.54) is 17.2 Å². The molecule has 0 aromatic carbocycles. The first-order valence-electron chi connectivity index (χ1n) is 6.68. The summed E-state index contributed by atoms with van der Waals surface area (Å²) in [6.07, 6.45) is 1.47. The smallest absolute Gasteiger partial charge is 0.270 e.